The van der Waals surface area contributed by atoms with E-state index in [9.17, 15) is 14.7 Å². The van der Waals surface area contributed by atoms with Crippen LogP contribution in [0.4, 0.5) is 0 Å². The molecule has 10 nitrogen and oxygen atoms in total. The molecule has 0 saturated carbocycles. The third-order valence-electron chi connectivity index (χ3n) is 6.08. The fourth-order valence-corrected chi connectivity index (χ4v) is 5.53. The van der Waals surface area contributed by atoms with Gasteiger partial charge in [-0.2, -0.15) is 4.68 Å². The van der Waals surface area contributed by atoms with Crippen LogP contribution in [-0.4, -0.2) is 46.5 Å². The van der Waals surface area contributed by atoms with E-state index in [2.05, 4.69) is 20.5 Å². The SMILES string of the molecule is O=C(O)c1ccc(C2=CN=C([C@@H]3CCc4nc(-c5cc(Cl)ccc5-n5cnnn5)cc(=O)n43)C2)s1. The summed E-state index contributed by atoms with van der Waals surface area (Å²) in [5, 5.41) is 21.0. The minimum absolute atomic E-state index is 0.171. The third-order valence-corrected chi connectivity index (χ3v) is 7.47. The lowest BCUT2D eigenvalue weighted by Gasteiger charge is -2.16. The smallest absolute Gasteiger partial charge is 0.345 e. The summed E-state index contributed by atoms with van der Waals surface area (Å²) in [5.74, 6) is -0.261. The maximum Gasteiger partial charge on any atom is 0.345 e. The Labute approximate surface area is 206 Å². The molecule has 0 amide bonds. The Morgan fingerprint density at radius 3 is 2.86 bits per heavy atom. The summed E-state index contributed by atoms with van der Waals surface area (Å²) in [6.45, 7) is 0. The largest absolute Gasteiger partial charge is 0.477 e. The highest BCUT2D eigenvalue weighted by Crippen LogP contribution is 2.36. The van der Waals surface area contributed by atoms with E-state index in [1.807, 2.05) is 0 Å². The van der Waals surface area contributed by atoms with Gasteiger partial charge < -0.3 is 5.11 Å². The maximum atomic E-state index is 13.3. The van der Waals surface area contributed by atoms with Gasteiger partial charge in [0.25, 0.3) is 5.56 Å². The van der Waals surface area contributed by atoms with Crippen LogP contribution in [0.1, 0.15) is 39.3 Å². The van der Waals surface area contributed by atoms with E-state index in [-0.39, 0.29) is 16.5 Å². The summed E-state index contributed by atoms with van der Waals surface area (Å²) < 4.78 is 3.21. The first-order valence-electron chi connectivity index (χ1n) is 10.7. The number of aromatic nitrogens is 6. The highest BCUT2D eigenvalue weighted by Gasteiger charge is 2.31. The number of carboxylic acid groups (broad SMARTS) is 1. The molecule has 174 valence electrons. The normalized spacial score (nSPS) is 16.8. The average molecular weight is 506 g/mol. The van der Waals surface area contributed by atoms with E-state index in [4.69, 9.17) is 16.6 Å². The topological polar surface area (TPSA) is 128 Å². The quantitative estimate of drug-likeness (QED) is 0.438. The Hall–Kier alpha value is -3.96. The average Bonchev–Trinajstić information content (AvgIpc) is 3.64. The van der Waals surface area contributed by atoms with Gasteiger partial charge in [-0.1, -0.05) is 11.6 Å². The molecule has 2 aliphatic rings. The number of tetrazole rings is 1. The van der Waals surface area contributed by atoms with Crippen molar-refractivity contribution in [1.82, 2.24) is 29.8 Å². The van der Waals surface area contributed by atoms with Gasteiger partial charge >= 0.3 is 5.97 Å². The zero-order chi connectivity index (χ0) is 24.1. The first-order valence-corrected chi connectivity index (χ1v) is 11.9. The minimum atomic E-state index is -0.943. The predicted molar refractivity (Wildman–Crippen MR) is 130 cm³/mol. The number of aromatic carboxylic acids is 1. The minimum Gasteiger partial charge on any atom is -0.477 e. The summed E-state index contributed by atoms with van der Waals surface area (Å²) in [5.41, 5.74) is 3.48. The number of carboxylic acids is 1. The van der Waals surface area contributed by atoms with Gasteiger partial charge in [-0.05, 0) is 52.8 Å². The Morgan fingerprint density at radius 1 is 1.20 bits per heavy atom. The number of halogens is 1. The second-order valence-corrected chi connectivity index (χ2v) is 9.68. The lowest BCUT2D eigenvalue weighted by atomic mass is 10.0. The molecule has 5 heterocycles. The molecule has 1 aromatic carbocycles. The number of hydrogen-bond donors (Lipinski definition) is 1. The summed E-state index contributed by atoms with van der Waals surface area (Å²) in [4.78, 5) is 35.1. The van der Waals surface area contributed by atoms with Crippen LogP contribution in [0.25, 0.3) is 22.5 Å². The molecule has 0 bridgehead atoms. The van der Waals surface area contributed by atoms with Crippen molar-refractivity contribution in [2.45, 2.75) is 25.3 Å². The number of aryl methyl sites for hydroxylation is 1. The molecule has 1 atom stereocenters. The van der Waals surface area contributed by atoms with Crippen LogP contribution in [0.15, 0.2) is 58.7 Å². The van der Waals surface area contributed by atoms with Crippen molar-refractivity contribution in [3.05, 3.63) is 79.9 Å². The van der Waals surface area contributed by atoms with Crippen molar-refractivity contribution < 1.29 is 9.90 Å². The second kappa shape index (κ2) is 8.36. The molecule has 0 aliphatic carbocycles. The molecular formula is C23H16ClN7O3S. The predicted octanol–water partition coefficient (Wildman–Crippen LogP) is 3.67. The zero-order valence-electron chi connectivity index (χ0n) is 18.0. The van der Waals surface area contributed by atoms with Crippen LogP contribution in [0.2, 0.25) is 5.02 Å². The molecule has 0 saturated heterocycles. The molecule has 0 unspecified atom stereocenters. The van der Waals surface area contributed by atoms with Gasteiger partial charge in [0.15, 0.2) is 0 Å². The fraction of sp³-hybridized carbons (Fsp3) is 0.174. The third kappa shape index (κ3) is 3.78. The van der Waals surface area contributed by atoms with E-state index >= 15 is 0 Å². The lowest BCUT2D eigenvalue weighted by molar-refractivity contribution is 0.0702. The summed E-state index contributed by atoms with van der Waals surface area (Å²) in [6, 6.07) is 9.97. The Balaban J connectivity index is 1.31. The van der Waals surface area contributed by atoms with Crippen molar-refractivity contribution in [2.24, 2.45) is 4.99 Å². The highest BCUT2D eigenvalue weighted by molar-refractivity contribution is 7.15. The summed E-state index contributed by atoms with van der Waals surface area (Å²) in [6.07, 6.45) is 5.15. The molecule has 35 heavy (non-hydrogen) atoms. The molecular weight excluding hydrogens is 490 g/mol. The number of aliphatic imine (C=N–C) groups is 1. The number of allylic oxidation sites excluding steroid dienone is 1. The first-order chi connectivity index (χ1) is 17.0. The molecule has 0 fully saturated rings. The number of thiophene rings is 1. The van der Waals surface area contributed by atoms with E-state index in [1.54, 1.807) is 41.1 Å². The zero-order valence-corrected chi connectivity index (χ0v) is 19.6. The van der Waals surface area contributed by atoms with E-state index in [0.717, 1.165) is 16.2 Å². The highest BCUT2D eigenvalue weighted by atomic mass is 35.5. The molecule has 2 aliphatic heterocycles. The van der Waals surface area contributed by atoms with Crippen molar-refractivity contribution in [3.8, 4) is 16.9 Å². The van der Waals surface area contributed by atoms with Gasteiger partial charge in [-0.25, -0.2) is 9.78 Å². The Morgan fingerprint density at radius 2 is 2.09 bits per heavy atom. The molecule has 0 radical (unpaired) electrons. The van der Waals surface area contributed by atoms with Gasteiger partial charge in [-0.15, -0.1) is 16.4 Å². The van der Waals surface area contributed by atoms with E-state index < -0.39 is 5.97 Å². The first kappa shape index (κ1) is 21.6. The maximum absolute atomic E-state index is 13.3. The number of rotatable bonds is 5. The van der Waals surface area contributed by atoms with Gasteiger partial charge in [0, 0.05) is 46.3 Å². The van der Waals surface area contributed by atoms with Crippen molar-refractivity contribution in [3.63, 3.8) is 0 Å². The van der Waals surface area contributed by atoms with Gasteiger partial charge in [0.2, 0.25) is 0 Å². The fourth-order valence-electron chi connectivity index (χ4n) is 4.51. The standard InChI is InChI=1S/C23H16ClN7O3S/c24-13-1-2-17(30-11-26-28-29-30)14(8-13)15-9-22(32)31-18(3-6-21(31)27-15)16-7-12(10-25-16)19-4-5-20(35-19)23(33)34/h1-2,4-5,8-11,18H,3,6-7H2,(H,33,34)/t18-/m0/s1. The van der Waals surface area contributed by atoms with E-state index in [1.165, 1.54) is 28.4 Å². The van der Waals surface area contributed by atoms with Crippen molar-refractivity contribution in [1.29, 1.82) is 0 Å². The Kier molecular flexibility index (Phi) is 5.15. The number of fused-ring (bicyclic) bond motifs is 1. The summed E-state index contributed by atoms with van der Waals surface area (Å²) >= 11 is 7.48. The number of nitrogens with zero attached hydrogens (tertiary/aromatic N) is 7. The van der Waals surface area contributed by atoms with Crippen LogP contribution in [0.3, 0.4) is 0 Å². The Bertz CT molecular complexity index is 1600. The summed E-state index contributed by atoms with van der Waals surface area (Å²) in [7, 11) is 0. The van der Waals surface area contributed by atoms with Crippen LogP contribution >= 0.6 is 22.9 Å². The molecule has 0 spiro atoms. The van der Waals surface area contributed by atoms with Crippen LogP contribution in [0.5, 0.6) is 0 Å². The number of carbonyl (C=O) groups is 1. The van der Waals surface area contributed by atoms with Gasteiger partial charge in [0.1, 0.15) is 17.0 Å². The van der Waals surface area contributed by atoms with Crippen molar-refractivity contribution in [2.75, 3.05) is 0 Å². The van der Waals surface area contributed by atoms with Gasteiger partial charge in [-0.3, -0.25) is 14.4 Å². The van der Waals surface area contributed by atoms with Gasteiger partial charge in [0.05, 0.1) is 17.4 Å². The molecule has 12 heteroatoms. The molecule has 4 aromatic rings. The van der Waals surface area contributed by atoms with Crippen LogP contribution in [-0.2, 0) is 6.42 Å². The number of hydrogen-bond acceptors (Lipinski definition) is 8. The van der Waals surface area contributed by atoms with Crippen molar-refractivity contribution >= 4 is 40.2 Å². The monoisotopic (exact) mass is 505 g/mol. The molecule has 6 rings (SSSR count). The molecule has 3 aromatic heterocycles. The molecule has 1 N–H and O–H groups in total. The lowest BCUT2D eigenvalue weighted by Crippen LogP contribution is -2.28. The van der Waals surface area contributed by atoms with Crippen LogP contribution in [0, 0.1) is 0 Å². The number of benzene rings is 1. The second-order valence-electron chi connectivity index (χ2n) is 8.16. The van der Waals surface area contributed by atoms with Crippen LogP contribution < -0.4 is 5.56 Å². The van der Waals surface area contributed by atoms with E-state index in [0.29, 0.717) is 47.1 Å².